The zero-order valence-electron chi connectivity index (χ0n) is 14.6. The second-order valence-corrected chi connectivity index (χ2v) is 10.9. The Hall–Kier alpha value is 0.643. The van der Waals surface area contributed by atoms with Crippen molar-refractivity contribution in [1.82, 2.24) is 0 Å². The number of hydrogen-bond donors (Lipinski definition) is 0. The van der Waals surface area contributed by atoms with Crippen molar-refractivity contribution in [2.45, 2.75) is 51.5 Å². The van der Waals surface area contributed by atoms with Gasteiger partial charge in [-0.05, 0) is 0 Å². The van der Waals surface area contributed by atoms with E-state index in [4.69, 9.17) is 17.2 Å². The average molecular weight is 521 g/mol. The van der Waals surface area contributed by atoms with Crippen molar-refractivity contribution in [3.05, 3.63) is 41.5 Å². The van der Waals surface area contributed by atoms with Gasteiger partial charge in [0.1, 0.15) is 0 Å². The zero-order chi connectivity index (χ0) is 16.2. The summed E-state index contributed by atoms with van der Waals surface area (Å²) >= 11 is -0.888. The molecule has 0 aliphatic heterocycles. The van der Waals surface area contributed by atoms with Crippen LogP contribution in [0.25, 0.3) is 17.2 Å². The summed E-state index contributed by atoms with van der Waals surface area (Å²) in [6.07, 6.45) is 2.96. The van der Waals surface area contributed by atoms with Crippen LogP contribution in [0.3, 0.4) is 0 Å². The van der Waals surface area contributed by atoms with Crippen LogP contribution in [0.15, 0.2) is 24.3 Å². The summed E-state index contributed by atoms with van der Waals surface area (Å²) < 4.78 is 1.62. The van der Waals surface area contributed by atoms with Gasteiger partial charge in [0.15, 0.2) is 0 Å². The molecule has 0 spiro atoms. The second kappa shape index (κ2) is 28.8. The summed E-state index contributed by atoms with van der Waals surface area (Å²) in [4.78, 5) is 0. The molecular formula is C16H35GeHfN3. The maximum absolute atomic E-state index is 6.45. The van der Waals surface area contributed by atoms with E-state index in [0.29, 0.717) is 19.6 Å². The second-order valence-electron chi connectivity index (χ2n) is 4.62. The Morgan fingerprint density at radius 3 is 1.10 bits per heavy atom. The first-order valence-corrected chi connectivity index (χ1v) is 13.8. The quantitative estimate of drug-likeness (QED) is 0.375. The Morgan fingerprint density at radius 1 is 0.762 bits per heavy atom. The molecule has 0 heterocycles. The third kappa shape index (κ3) is 33.5. The van der Waals surface area contributed by atoms with E-state index in [9.17, 15) is 0 Å². The van der Waals surface area contributed by atoms with E-state index >= 15 is 0 Å². The van der Waals surface area contributed by atoms with Gasteiger partial charge in [-0.1, -0.05) is 40.0 Å². The minimum absolute atomic E-state index is 0. The monoisotopic (exact) mass is 523 g/mol. The molecule has 1 aromatic rings. The van der Waals surface area contributed by atoms with Gasteiger partial charge < -0.3 is 17.2 Å². The summed E-state index contributed by atoms with van der Waals surface area (Å²) in [5.41, 5.74) is 19.4. The van der Waals surface area contributed by atoms with E-state index in [2.05, 4.69) is 35.8 Å². The largest absolute Gasteiger partial charge is 4.00 e. The molecule has 1 rings (SSSR count). The summed E-state index contributed by atoms with van der Waals surface area (Å²) in [5, 5.41) is 0. The van der Waals surface area contributed by atoms with Crippen molar-refractivity contribution in [1.29, 1.82) is 0 Å². The summed E-state index contributed by atoms with van der Waals surface area (Å²) in [6.45, 7) is 7.69. The smallest absolute Gasteiger partial charge is 4.00 e. The summed E-state index contributed by atoms with van der Waals surface area (Å²) in [7, 11) is 0. The van der Waals surface area contributed by atoms with E-state index in [-0.39, 0.29) is 25.8 Å². The standard InChI is InChI=1S/C7H11Ge.3C3H8N.Hf/c1-8(2)7-5-3-4-6-7;3*1-2-3-4;/h3-6,8H,1-2H3;3*4H,2-3H2,1H3;/q4*-1;+4. The van der Waals surface area contributed by atoms with Gasteiger partial charge in [-0.25, -0.2) is 0 Å². The minimum atomic E-state index is -0.888. The molecule has 0 bridgehead atoms. The number of rotatable bonds is 4. The Kier molecular flexibility index (Phi) is 40.6. The molecule has 3 nitrogen and oxygen atoms in total. The Bertz CT molecular complexity index is 214. The van der Waals surface area contributed by atoms with Gasteiger partial charge in [-0.15, -0.1) is 0 Å². The topological polar surface area (TPSA) is 71.4 Å². The average Bonchev–Trinajstić information content (AvgIpc) is 3.02. The van der Waals surface area contributed by atoms with Gasteiger partial charge in [-0.2, -0.15) is 19.6 Å². The Morgan fingerprint density at radius 2 is 1.00 bits per heavy atom. The molecule has 0 aliphatic rings. The molecule has 0 aromatic heterocycles. The van der Waals surface area contributed by atoms with Crippen molar-refractivity contribution in [3.8, 4) is 0 Å². The van der Waals surface area contributed by atoms with Crippen LogP contribution in [0, 0.1) is 0 Å². The molecule has 0 atom stereocenters. The summed E-state index contributed by atoms with van der Waals surface area (Å²) in [6, 6.07) is 8.73. The first-order chi connectivity index (χ1) is 9.55. The molecular weight excluding hydrogens is 485 g/mol. The maximum Gasteiger partial charge on any atom is 4.00 e. The van der Waals surface area contributed by atoms with Crippen molar-refractivity contribution in [3.63, 3.8) is 0 Å². The van der Waals surface area contributed by atoms with Crippen molar-refractivity contribution in [2.75, 3.05) is 19.6 Å². The van der Waals surface area contributed by atoms with Gasteiger partial charge >= 0.3 is 80.4 Å². The molecule has 0 amide bonds. The van der Waals surface area contributed by atoms with E-state index in [1.54, 1.807) is 4.40 Å². The van der Waals surface area contributed by atoms with Crippen molar-refractivity contribution < 1.29 is 25.8 Å². The fourth-order valence-electron chi connectivity index (χ4n) is 0.774. The molecule has 122 valence electrons. The van der Waals surface area contributed by atoms with E-state index in [1.165, 1.54) is 0 Å². The minimum Gasteiger partial charge on any atom is 4.00 e. The molecule has 0 radical (unpaired) electrons. The molecule has 21 heavy (non-hydrogen) atoms. The molecule has 0 saturated carbocycles. The van der Waals surface area contributed by atoms with Gasteiger partial charge in [0.25, 0.3) is 0 Å². The normalized spacial score (nSPS) is 8.24. The van der Waals surface area contributed by atoms with E-state index in [1.807, 2.05) is 20.8 Å². The van der Waals surface area contributed by atoms with Crippen LogP contribution in [0.2, 0.25) is 11.5 Å². The first kappa shape index (κ1) is 29.6. The van der Waals surface area contributed by atoms with Crippen molar-refractivity contribution in [2.24, 2.45) is 0 Å². The fraction of sp³-hybridized carbons (Fsp3) is 0.688. The zero-order valence-corrected chi connectivity index (χ0v) is 20.6. The Labute approximate surface area is 156 Å². The molecule has 5 heteroatoms. The molecule has 0 unspecified atom stereocenters. The van der Waals surface area contributed by atoms with Crippen LogP contribution in [0.5, 0.6) is 0 Å². The van der Waals surface area contributed by atoms with Crippen molar-refractivity contribution >= 4 is 18.7 Å². The van der Waals surface area contributed by atoms with Gasteiger partial charge in [0, 0.05) is 0 Å². The number of nitrogens with one attached hydrogen (secondary N) is 3. The predicted octanol–water partition coefficient (Wildman–Crippen LogP) is 5.44. The molecule has 0 fully saturated rings. The third-order valence-electron chi connectivity index (χ3n) is 2.11. The third-order valence-corrected chi connectivity index (χ3v) is 5.71. The Balaban J connectivity index is -0.0000000973. The molecule has 0 saturated heterocycles. The van der Waals surface area contributed by atoms with E-state index in [0.717, 1.165) is 19.3 Å². The van der Waals surface area contributed by atoms with E-state index < -0.39 is 14.3 Å². The van der Waals surface area contributed by atoms with Crippen LogP contribution >= 0.6 is 0 Å². The maximum atomic E-state index is 6.45. The molecule has 1 aromatic carbocycles. The van der Waals surface area contributed by atoms with Crippen LogP contribution in [0.4, 0.5) is 0 Å². The van der Waals surface area contributed by atoms with Gasteiger partial charge in [-0.3, -0.25) is 0 Å². The summed E-state index contributed by atoms with van der Waals surface area (Å²) in [5.74, 6) is 4.78. The number of hydrogen-bond acceptors (Lipinski definition) is 0. The fourth-order valence-corrected chi connectivity index (χ4v) is 2.86. The van der Waals surface area contributed by atoms with Gasteiger partial charge in [0.05, 0.1) is 0 Å². The van der Waals surface area contributed by atoms with Crippen LogP contribution in [0.1, 0.15) is 40.0 Å². The van der Waals surface area contributed by atoms with Crippen LogP contribution < -0.4 is 4.40 Å². The van der Waals surface area contributed by atoms with Gasteiger partial charge in [0.2, 0.25) is 0 Å². The molecule has 0 aliphatic carbocycles. The van der Waals surface area contributed by atoms with Crippen LogP contribution in [-0.2, 0) is 25.8 Å². The molecule has 3 N–H and O–H groups in total. The first-order valence-electron chi connectivity index (χ1n) is 7.70. The SMILES string of the molecule is CCC[NH-].CCC[NH-].CCC[NH-].[CH3][GeH]([CH3])[c-]1cccc1.[Hf+4]. The predicted molar refractivity (Wildman–Crippen MR) is 99.0 cm³/mol. The van der Waals surface area contributed by atoms with Crippen LogP contribution in [-0.4, -0.2) is 34.0 Å².